The summed E-state index contributed by atoms with van der Waals surface area (Å²) in [6, 6.07) is 20.7. The summed E-state index contributed by atoms with van der Waals surface area (Å²) in [5.74, 6) is 0. The summed E-state index contributed by atoms with van der Waals surface area (Å²) < 4.78 is 0. The van der Waals surface area contributed by atoms with Crippen molar-refractivity contribution >= 4 is 6.09 Å². The van der Waals surface area contributed by atoms with Crippen molar-refractivity contribution in [2.45, 2.75) is 37.5 Å². The van der Waals surface area contributed by atoms with Crippen molar-refractivity contribution in [3.63, 3.8) is 0 Å². The number of hydrogen-bond donors (Lipinski definition) is 2. The second-order valence-electron chi connectivity index (χ2n) is 7.48. The van der Waals surface area contributed by atoms with Gasteiger partial charge in [-0.1, -0.05) is 67.1 Å². The lowest BCUT2D eigenvalue weighted by molar-refractivity contribution is 0.190. The van der Waals surface area contributed by atoms with Crippen LogP contribution in [0.25, 0.3) is 0 Å². The standard InChI is InChI=1S/C23H30N2O2/c26-22(27)24-19-23(20-11-4-1-5-12-20,21-13-6-2-7-14-21)15-10-18-25-16-8-3-9-17-25/h1-2,4-7,11-14,24H,3,8-10,15-19H2,(H,26,27). The molecule has 4 heteroatoms. The Bertz CT molecular complexity index is 657. The van der Waals surface area contributed by atoms with E-state index in [0.717, 1.165) is 19.4 Å². The minimum atomic E-state index is -0.970. The molecule has 3 rings (SSSR count). The molecule has 1 aliphatic heterocycles. The van der Waals surface area contributed by atoms with Crippen LogP contribution in [0.5, 0.6) is 0 Å². The number of carboxylic acid groups (broad SMARTS) is 1. The van der Waals surface area contributed by atoms with Crippen LogP contribution >= 0.6 is 0 Å². The molecule has 0 aliphatic carbocycles. The van der Waals surface area contributed by atoms with Gasteiger partial charge in [0.1, 0.15) is 0 Å². The number of amides is 1. The van der Waals surface area contributed by atoms with E-state index in [4.69, 9.17) is 0 Å². The largest absolute Gasteiger partial charge is 0.465 e. The predicted molar refractivity (Wildman–Crippen MR) is 109 cm³/mol. The van der Waals surface area contributed by atoms with Crippen molar-refractivity contribution < 1.29 is 9.90 Å². The Labute approximate surface area is 162 Å². The average Bonchev–Trinajstić information content (AvgIpc) is 2.72. The lowest BCUT2D eigenvalue weighted by Gasteiger charge is -2.36. The van der Waals surface area contributed by atoms with Gasteiger partial charge < -0.3 is 15.3 Å². The molecule has 1 aliphatic rings. The zero-order valence-electron chi connectivity index (χ0n) is 15.9. The monoisotopic (exact) mass is 366 g/mol. The highest BCUT2D eigenvalue weighted by Gasteiger charge is 2.34. The number of likely N-dealkylation sites (tertiary alicyclic amines) is 1. The summed E-state index contributed by atoms with van der Waals surface area (Å²) in [4.78, 5) is 13.9. The molecular weight excluding hydrogens is 336 g/mol. The molecule has 0 atom stereocenters. The van der Waals surface area contributed by atoms with Crippen LogP contribution in [0.2, 0.25) is 0 Å². The number of benzene rings is 2. The second-order valence-corrected chi connectivity index (χ2v) is 7.48. The Morgan fingerprint density at radius 3 is 2.00 bits per heavy atom. The minimum absolute atomic E-state index is 0.350. The van der Waals surface area contributed by atoms with E-state index in [1.165, 1.54) is 43.5 Å². The molecule has 0 spiro atoms. The highest BCUT2D eigenvalue weighted by Crippen LogP contribution is 2.36. The zero-order chi connectivity index (χ0) is 19.0. The van der Waals surface area contributed by atoms with Crippen LogP contribution < -0.4 is 5.32 Å². The van der Waals surface area contributed by atoms with Gasteiger partial charge in [-0.2, -0.15) is 0 Å². The SMILES string of the molecule is O=C(O)NCC(CCCN1CCCCC1)(c1ccccc1)c1ccccc1. The molecule has 0 saturated carbocycles. The number of nitrogens with one attached hydrogen (secondary N) is 1. The molecule has 4 nitrogen and oxygen atoms in total. The number of carbonyl (C=O) groups is 1. The normalized spacial score (nSPS) is 15.4. The maximum absolute atomic E-state index is 11.3. The molecule has 2 aromatic carbocycles. The van der Waals surface area contributed by atoms with Crippen molar-refractivity contribution in [1.82, 2.24) is 10.2 Å². The second kappa shape index (κ2) is 9.56. The first kappa shape index (κ1) is 19.4. The fourth-order valence-corrected chi connectivity index (χ4v) is 4.28. The average molecular weight is 367 g/mol. The summed E-state index contributed by atoms with van der Waals surface area (Å²) in [6.45, 7) is 3.85. The van der Waals surface area contributed by atoms with Gasteiger partial charge in [-0.15, -0.1) is 0 Å². The number of piperidine rings is 1. The first-order valence-electron chi connectivity index (χ1n) is 10.0. The van der Waals surface area contributed by atoms with Crippen LogP contribution in [0.1, 0.15) is 43.2 Å². The van der Waals surface area contributed by atoms with Gasteiger partial charge in [-0.3, -0.25) is 0 Å². The molecule has 2 aromatic rings. The molecule has 0 bridgehead atoms. The molecule has 27 heavy (non-hydrogen) atoms. The van der Waals surface area contributed by atoms with E-state index in [-0.39, 0.29) is 5.41 Å². The number of hydrogen-bond acceptors (Lipinski definition) is 2. The first-order valence-corrected chi connectivity index (χ1v) is 10.0. The van der Waals surface area contributed by atoms with Crippen LogP contribution in [-0.4, -0.2) is 42.3 Å². The molecule has 2 N–H and O–H groups in total. The van der Waals surface area contributed by atoms with Crippen LogP contribution in [0.4, 0.5) is 4.79 Å². The van der Waals surface area contributed by atoms with Gasteiger partial charge >= 0.3 is 6.09 Å². The Hall–Kier alpha value is -2.33. The summed E-state index contributed by atoms with van der Waals surface area (Å²) in [6.07, 6.45) is 4.92. The molecule has 1 amide bonds. The molecule has 0 aromatic heterocycles. The van der Waals surface area contributed by atoms with Crippen LogP contribution in [-0.2, 0) is 5.41 Å². The molecule has 1 saturated heterocycles. The van der Waals surface area contributed by atoms with Gasteiger partial charge in [-0.05, 0) is 56.4 Å². The number of rotatable bonds is 8. The topological polar surface area (TPSA) is 52.6 Å². The van der Waals surface area contributed by atoms with E-state index >= 15 is 0 Å². The minimum Gasteiger partial charge on any atom is -0.465 e. The summed E-state index contributed by atoms with van der Waals surface area (Å²) in [5, 5.41) is 12.0. The molecule has 1 fully saturated rings. The zero-order valence-corrected chi connectivity index (χ0v) is 15.9. The summed E-state index contributed by atoms with van der Waals surface area (Å²) >= 11 is 0. The van der Waals surface area contributed by atoms with Crippen molar-refractivity contribution in [1.29, 1.82) is 0 Å². The van der Waals surface area contributed by atoms with Crippen molar-refractivity contribution in [2.24, 2.45) is 0 Å². The maximum Gasteiger partial charge on any atom is 0.404 e. The van der Waals surface area contributed by atoms with Gasteiger partial charge in [-0.25, -0.2) is 4.79 Å². The Morgan fingerprint density at radius 1 is 0.926 bits per heavy atom. The quantitative estimate of drug-likeness (QED) is 0.723. The van der Waals surface area contributed by atoms with Crippen LogP contribution in [0.15, 0.2) is 60.7 Å². The van der Waals surface area contributed by atoms with Crippen LogP contribution in [0, 0.1) is 0 Å². The van der Waals surface area contributed by atoms with E-state index < -0.39 is 6.09 Å². The Kier molecular flexibility index (Phi) is 6.88. The van der Waals surface area contributed by atoms with Gasteiger partial charge in [0, 0.05) is 12.0 Å². The highest BCUT2D eigenvalue weighted by atomic mass is 16.4. The van der Waals surface area contributed by atoms with Crippen molar-refractivity contribution in [3.8, 4) is 0 Å². The fraction of sp³-hybridized carbons (Fsp3) is 0.435. The third-order valence-corrected chi connectivity index (χ3v) is 5.72. The van der Waals surface area contributed by atoms with Gasteiger partial charge in [0.05, 0.1) is 0 Å². The van der Waals surface area contributed by atoms with E-state index in [9.17, 15) is 9.90 Å². The Morgan fingerprint density at radius 2 is 1.48 bits per heavy atom. The fourth-order valence-electron chi connectivity index (χ4n) is 4.28. The molecular formula is C23H30N2O2. The lowest BCUT2D eigenvalue weighted by atomic mass is 9.71. The van der Waals surface area contributed by atoms with Crippen LogP contribution in [0.3, 0.4) is 0 Å². The van der Waals surface area contributed by atoms with Gasteiger partial charge in [0.25, 0.3) is 0 Å². The first-order chi connectivity index (χ1) is 13.2. The third-order valence-electron chi connectivity index (χ3n) is 5.72. The maximum atomic E-state index is 11.3. The van der Waals surface area contributed by atoms with Gasteiger partial charge in [0.2, 0.25) is 0 Å². The lowest BCUT2D eigenvalue weighted by Crippen LogP contribution is -2.42. The third kappa shape index (κ3) is 5.10. The number of nitrogens with zero attached hydrogens (tertiary/aromatic N) is 1. The van der Waals surface area contributed by atoms with E-state index in [0.29, 0.717) is 6.54 Å². The summed E-state index contributed by atoms with van der Waals surface area (Å²) in [5.41, 5.74) is 1.99. The molecule has 0 radical (unpaired) electrons. The smallest absolute Gasteiger partial charge is 0.404 e. The van der Waals surface area contributed by atoms with Gasteiger partial charge in [0.15, 0.2) is 0 Å². The highest BCUT2D eigenvalue weighted by molar-refractivity contribution is 5.65. The Balaban J connectivity index is 1.86. The van der Waals surface area contributed by atoms with E-state index in [1.54, 1.807) is 0 Å². The van der Waals surface area contributed by atoms with Crippen molar-refractivity contribution in [3.05, 3.63) is 71.8 Å². The predicted octanol–water partition coefficient (Wildman–Crippen LogP) is 4.51. The molecule has 144 valence electrons. The van der Waals surface area contributed by atoms with E-state index in [1.807, 2.05) is 36.4 Å². The molecule has 1 heterocycles. The molecule has 0 unspecified atom stereocenters. The van der Waals surface area contributed by atoms with E-state index in [2.05, 4.69) is 34.5 Å². The van der Waals surface area contributed by atoms with Crippen molar-refractivity contribution in [2.75, 3.05) is 26.2 Å². The summed E-state index contributed by atoms with van der Waals surface area (Å²) in [7, 11) is 0.